The molecule has 3 rings (SSSR count). The van der Waals surface area contributed by atoms with Gasteiger partial charge in [0.1, 0.15) is 16.9 Å². The second kappa shape index (κ2) is 7.96. The van der Waals surface area contributed by atoms with Gasteiger partial charge < -0.3 is 18.9 Å². The lowest BCUT2D eigenvalue weighted by atomic mass is 10.0. The van der Waals surface area contributed by atoms with Crippen LogP contribution in [0.3, 0.4) is 0 Å². The number of nitrogens with one attached hydrogen (secondary N) is 1. The lowest BCUT2D eigenvalue weighted by Crippen LogP contribution is -2.26. The number of benzene rings is 1. The highest BCUT2D eigenvalue weighted by Crippen LogP contribution is 2.31. The molecule has 0 atom stereocenters. The van der Waals surface area contributed by atoms with Gasteiger partial charge in [-0.15, -0.1) is 0 Å². The molecule has 0 saturated carbocycles. The second-order valence-corrected chi connectivity index (χ2v) is 6.82. The maximum Gasteiger partial charge on any atom is 0.339 e. The fraction of sp³-hybridized carbons (Fsp3) is 0.429. The van der Waals surface area contributed by atoms with Crippen LogP contribution in [0, 0.1) is 20.8 Å². The van der Waals surface area contributed by atoms with Gasteiger partial charge in [-0.2, -0.15) is 0 Å². The van der Waals surface area contributed by atoms with Gasteiger partial charge >= 0.3 is 5.63 Å². The Morgan fingerprint density at radius 1 is 1.07 bits per heavy atom. The minimum Gasteiger partial charge on any atom is -0.461 e. The van der Waals surface area contributed by atoms with Gasteiger partial charge in [0.25, 0.3) is 0 Å². The molecule has 27 heavy (non-hydrogen) atoms. The Hall–Kier alpha value is -2.60. The molecule has 6 nitrogen and oxygen atoms in total. The quantitative estimate of drug-likeness (QED) is 0.507. The van der Waals surface area contributed by atoms with Crippen LogP contribution >= 0.6 is 0 Å². The van der Waals surface area contributed by atoms with E-state index in [1.807, 2.05) is 26.8 Å². The summed E-state index contributed by atoms with van der Waals surface area (Å²) in [6, 6.07) is 3.77. The molecule has 2 aromatic heterocycles. The van der Waals surface area contributed by atoms with Crippen molar-refractivity contribution in [3.05, 3.63) is 45.0 Å². The number of ether oxygens (including phenoxy) is 1. The zero-order valence-corrected chi connectivity index (χ0v) is 16.2. The van der Waals surface area contributed by atoms with Crippen LogP contribution in [0.1, 0.15) is 35.3 Å². The summed E-state index contributed by atoms with van der Waals surface area (Å²) in [5.74, 6) is 0.771. The molecule has 0 aliphatic heterocycles. The van der Waals surface area contributed by atoms with Gasteiger partial charge in [-0.25, -0.2) is 4.79 Å². The Bertz CT molecular complexity index is 1040. The number of furan rings is 1. The van der Waals surface area contributed by atoms with Crippen molar-refractivity contribution < 1.29 is 18.4 Å². The predicted octanol–water partition coefficient (Wildman–Crippen LogP) is 3.55. The lowest BCUT2D eigenvalue weighted by molar-refractivity contribution is -0.121. The average Bonchev–Trinajstić information content (AvgIpc) is 2.91. The van der Waals surface area contributed by atoms with Crippen LogP contribution in [0.25, 0.3) is 21.9 Å². The van der Waals surface area contributed by atoms with Gasteiger partial charge in [0.05, 0.1) is 0 Å². The van der Waals surface area contributed by atoms with Gasteiger partial charge in [-0.1, -0.05) is 0 Å². The molecular weight excluding hydrogens is 346 g/mol. The van der Waals surface area contributed by atoms with E-state index in [1.54, 1.807) is 13.2 Å². The SMILES string of the molecule is COCCCNC(=O)CCc1c(C)c2cc3c(C)c(C)oc3cc2oc1=O. The number of amides is 1. The summed E-state index contributed by atoms with van der Waals surface area (Å²) in [6.07, 6.45) is 1.36. The molecule has 6 heteroatoms. The fourth-order valence-corrected chi connectivity index (χ4v) is 3.29. The van der Waals surface area contributed by atoms with Crippen molar-refractivity contribution in [2.24, 2.45) is 0 Å². The summed E-state index contributed by atoms with van der Waals surface area (Å²) >= 11 is 0. The molecule has 1 amide bonds. The molecule has 3 aromatic rings. The van der Waals surface area contributed by atoms with Crippen molar-refractivity contribution in [1.29, 1.82) is 0 Å². The van der Waals surface area contributed by atoms with Crippen molar-refractivity contribution in [3.63, 3.8) is 0 Å². The summed E-state index contributed by atoms with van der Waals surface area (Å²) in [7, 11) is 1.63. The van der Waals surface area contributed by atoms with E-state index in [0.717, 1.165) is 34.1 Å². The standard InChI is InChI=1S/C21H25NO5/c1-12-14(3)26-18-11-19-17(10-16(12)18)13(2)15(21(24)27-19)6-7-20(23)22-8-5-9-25-4/h10-11H,5-9H2,1-4H3,(H,22,23). The Morgan fingerprint density at radius 3 is 2.52 bits per heavy atom. The molecular formula is C21H25NO5. The minimum atomic E-state index is -0.397. The highest BCUT2D eigenvalue weighted by molar-refractivity contribution is 5.96. The fourth-order valence-electron chi connectivity index (χ4n) is 3.29. The summed E-state index contributed by atoms with van der Waals surface area (Å²) < 4.78 is 16.2. The van der Waals surface area contributed by atoms with Crippen LogP contribution in [-0.4, -0.2) is 26.2 Å². The average molecular weight is 371 g/mol. The molecule has 0 spiro atoms. The third kappa shape index (κ3) is 3.90. The van der Waals surface area contributed by atoms with E-state index in [2.05, 4.69) is 5.32 Å². The Labute approximate surface area is 157 Å². The third-order valence-corrected chi connectivity index (χ3v) is 5.03. The summed E-state index contributed by atoms with van der Waals surface area (Å²) in [4.78, 5) is 24.4. The Balaban J connectivity index is 1.85. The molecule has 0 unspecified atom stereocenters. The van der Waals surface area contributed by atoms with Crippen molar-refractivity contribution >= 4 is 27.8 Å². The first-order chi connectivity index (χ1) is 12.9. The molecule has 0 aliphatic carbocycles. The molecule has 0 aliphatic rings. The molecule has 0 saturated heterocycles. The Morgan fingerprint density at radius 2 is 1.78 bits per heavy atom. The predicted molar refractivity (Wildman–Crippen MR) is 104 cm³/mol. The molecule has 1 aromatic carbocycles. The lowest BCUT2D eigenvalue weighted by Gasteiger charge is -2.08. The smallest absolute Gasteiger partial charge is 0.339 e. The molecule has 0 radical (unpaired) electrons. The topological polar surface area (TPSA) is 81.7 Å². The molecule has 144 valence electrons. The van der Waals surface area contributed by atoms with Crippen LogP contribution in [-0.2, 0) is 16.0 Å². The normalized spacial score (nSPS) is 11.4. The van der Waals surface area contributed by atoms with E-state index >= 15 is 0 Å². The summed E-state index contributed by atoms with van der Waals surface area (Å²) in [6.45, 7) is 7.00. The van der Waals surface area contributed by atoms with E-state index in [0.29, 0.717) is 36.3 Å². The van der Waals surface area contributed by atoms with Crippen molar-refractivity contribution in [1.82, 2.24) is 5.32 Å². The van der Waals surface area contributed by atoms with Gasteiger partial charge in [-0.3, -0.25) is 4.79 Å². The first-order valence-electron chi connectivity index (χ1n) is 9.14. The van der Waals surface area contributed by atoms with Gasteiger partial charge in [0, 0.05) is 49.1 Å². The van der Waals surface area contributed by atoms with E-state index < -0.39 is 5.63 Å². The summed E-state index contributed by atoms with van der Waals surface area (Å²) in [5.41, 5.74) is 3.30. The maximum atomic E-state index is 12.4. The van der Waals surface area contributed by atoms with Crippen LogP contribution in [0.15, 0.2) is 25.8 Å². The van der Waals surface area contributed by atoms with Crippen LogP contribution in [0.4, 0.5) is 0 Å². The number of carbonyl (C=O) groups excluding carboxylic acids is 1. The van der Waals surface area contributed by atoms with Crippen LogP contribution in [0.5, 0.6) is 0 Å². The number of hydrogen-bond acceptors (Lipinski definition) is 5. The van der Waals surface area contributed by atoms with Crippen LogP contribution in [0.2, 0.25) is 0 Å². The maximum absolute atomic E-state index is 12.4. The number of rotatable bonds is 7. The minimum absolute atomic E-state index is 0.0817. The molecule has 2 heterocycles. The molecule has 0 fully saturated rings. The van der Waals surface area contributed by atoms with E-state index in [1.165, 1.54) is 0 Å². The first-order valence-corrected chi connectivity index (χ1v) is 9.14. The number of methoxy groups -OCH3 is 1. The second-order valence-electron chi connectivity index (χ2n) is 6.82. The zero-order chi connectivity index (χ0) is 19.6. The van der Waals surface area contributed by atoms with E-state index in [9.17, 15) is 9.59 Å². The largest absolute Gasteiger partial charge is 0.461 e. The zero-order valence-electron chi connectivity index (χ0n) is 16.2. The molecule has 0 bridgehead atoms. The van der Waals surface area contributed by atoms with E-state index in [4.69, 9.17) is 13.6 Å². The molecule has 1 N–H and O–H groups in total. The van der Waals surface area contributed by atoms with Crippen molar-refractivity contribution in [3.8, 4) is 0 Å². The highest BCUT2D eigenvalue weighted by Gasteiger charge is 2.16. The number of fused-ring (bicyclic) bond motifs is 2. The third-order valence-electron chi connectivity index (χ3n) is 5.03. The number of aryl methyl sites for hydroxylation is 3. The van der Waals surface area contributed by atoms with Gasteiger partial charge in [-0.05, 0) is 50.8 Å². The van der Waals surface area contributed by atoms with Gasteiger partial charge in [0.15, 0.2) is 0 Å². The van der Waals surface area contributed by atoms with Crippen molar-refractivity contribution in [2.75, 3.05) is 20.3 Å². The Kier molecular flexibility index (Phi) is 5.65. The van der Waals surface area contributed by atoms with Crippen LogP contribution < -0.4 is 10.9 Å². The monoisotopic (exact) mass is 371 g/mol. The number of hydrogen-bond donors (Lipinski definition) is 1. The van der Waals surface area contributed by atoms with Crippen molar-refractivity contribution in [2.45, 2.75) is 40.0 Å². The summed E-state index contributed by atoms with van der Waals surface area (Å²) in [5, 5.41) is 4.72. The highest BCUT2D eigenvalue weighted by atomic mass is 16.5. The van der Waals surface area contributed by atoms with Gasteiger partial charge in [0.2, 0.25) is 5.91 Å². The van der Waals surface area contributed by atoms with E-state index in [-0.39, 0.29) is 12.3 Å². The first kappa shape index (κ1) is 19.2. The number of carbonyl (C=O) groups is 1.